The van der Waals surface area contributed by atoms with Crippen molar-refractivity contribution in [2.45, 2.75) is 64.6 Å². The van der Waals surface area contributed by atoms with Gasteiger partial charge in [-0.3, -0.25) is 4.79 Å². The minimum Gasteiger partial charge on any atom is -0.465 e. The molecule has 0 bridgehead atoms. The molecule has 0 heterocycles. The van der Waals surface area contributed by atoms with Crippen LogP contribution in [0.2, 0.25) is 0 Å². The van der Waals surface area contributed by atoms with E-state index in [-0.39, 0.29) is 35.1 Å². The van der Waals surface area contributed by atoms with Crippen molar-refractivity contribution in [2.24, 2.45) is 11.8 Å². The first-order valence-electron chi connectivity index (χ1n) is 12.0. The first-order chi connectivity index (χ1) is 17.0. The highest BCUT2D eigenvalue weighted by molar-refractivity contribution is 6.17. The average Bonchev–Trinajstić information content (AvgIpc) is 2.84. The van der Waals surface area contributed by atoms with E-state index in [1.165, 1.54) is 37.4 Å². The van der Waals surface area contributed by atoms with Crippen LogP contribution in [0.1, 0.15) is 67.9 Å². The number of rotatable bonds is 7. The van der Waals surface area contributed by atoms with E-state index in [0.717, 1.165) is 31.7 Å². The van der Waals surface area contributed by atoms with Crippen molar-refractivity contribution in [1.29, 1.82) is 0 Å². The fraction of sp³-hybridized carbons (Fsp3) is 0.481. The molecule has 3 rings (SSSR count). The molecule has 0 radical (unpaired) electrons. The summed E-state index contributed by atoms with van der Waals surface area (Å²) in [4.78, 5) is 27.8. The number of alkyl halides is 4. The second-order valence-electron chi connectivity index (χ2n) is 9.49. The fourth-order valence-electron chi connectivity index (χ4n) is 4.52. The Labute approximate surface area is 214 Å². The third kappa shape index (κ3) is 6.33. The lowest BCUT2D eigenvalue weighted by Gasteiger charge is -2.34. The zero-order valence-electron chi connectivity index (χ0n) is 20.8. The van der Waals surface area contributed by atoms with Crippen LogP contribution in [0.25, 0.3) is 0 Å². The topological polar surface area (TPSA) is 55.8 Å². The van der Waals surface area contributed by atoms with Gasteiger partial charge in [-0.05, 0) is 81.3 Å². The summed E-state index contributed by atoms with van der Waals surface area (Å²) in [6.45, 7) is 5.87. The van der Waals surface area contributed by atoms with Crippen LogP contribution in [0.4, 0.5) is 18.9 Å². The van der Waals surface area contributed by atoms with Crippen LogP contribution in [-0.4, -0.2) is 25.0 Å². The standard InChI is InChI=1S/C27H31ClF3NO4/c1-16(2)32(25(33)19-8-5-17(3)6-9-19)23-11-10-20(14-21(23)26(34)35-4)36-24-12-7-18(15-28)13-22(24)27(29,30)31/h7,10-14,16-17,19H,5-6,8-9,15H2,1-4H3. The molecule has 0 saturated heterocycles. The average molecular weight is 526 g/mol. The second-order valence-corrected chi connectivity index (χ2v) is 9.76. The van der Waals surface area contributed by atoms with E-state index in [9.17, 15) is 22.8 Å². The number of halogens is 4. The van der Waals surface area contributed by atoms with Crippen LogP contribution in [0, 0.1) is 11.8 Å². The summed E-state index contributed by atoms with van der Waals surface area (Å²) in [5.41, 5.74) is -0.312. The highest BCUT2D eigenvalue weighted by Gasteiger charge is 2.36. The summed E-state index contributed by atoms with van der Waals surface area (Å²) in [5.74, 6) is -0.877. The number of nitrogens with zero attached hydrogens (tertiary/aromatic N) is 1. The van der Waals surface area contributed by atoms with Gasteiger partial charge in [0.2, 0.25) is 5.91 Å². The number of amides is 1. The lowest BCUT2D eigenvalue weighted by atomic mass is 9.82. The van der Waals surface area contributed by atoms with Crippen LogP contribution in [0.15, 0.2) is 36.4 Å². The number of hydrogen-bond donors (Lipinski definition) is 0. The highest BCUT2D eigenvalue weighted by atomic mass is 35.5. The lowest BCUT2D eigenvalue weighted by Crippen LogP contribution is -2.43. The van der Waals surface area contributed by atoms with Crippen LogP contribution in [-0.2, 0) is 21.6 Å². The Bertz CT molecular complexity index is 1090. The van der Waals surface area contributed by atoms with Gasteiger partial charge in [-0.2, -0.15) is 13.2 Å². The number of benzene rings is 2. The Kier molecular flexibility index (Phi) is 8.93. The van der Waals surface area contributed by atoms with Crippen molar-refractivity contribution >= 4 is 29.2 Å². The monoisotopic (exact) mass is 525 g/mol. The van der Waals surface area contributed by atoms with Gasteiger partial charge in [0.25, 0.3) is 0 Å². The smallest absolute Gasteiger partial charge is 0.419 e. The van der Waals surface area contributed by atoms with Gasteiger partial charge in [0.15, 0.2) is 0 Å². The Morgan fingerprint density at radius 2 is 1.75 bits per heavy atom. The van der Waals surface area contributed by atoms with Gasteiger partial charge in [0.05, 0.1) is 23.9 Å². The molecule has 0 aromatic heterocycles. The third-order valence-corrected chi connectivity index (χ3v) is 6.79. The number of anilines is 1. The minimum absolute atomic E-state index is 0.00548. The lowest BCUT2D eigenvalue weighted by molar-refractivity contribution is -0.138. The molecule has 36 heavy (non-hydrogen) atoms. The molecule has 1 aliphatic rings. The molecule has 2 aromatic carbocycles. The van der Waals surface area contributed by atoms with Crippen LogP contribution >= 0.6 is 11.6 Å². The van der Waals surface area contributed by atoms with Crippen molar-refractivity contribution in [3.8, 4) is 11.5 Å². The number of esters is 1. The van der Waals surface area contributed by atoms with Gasteiger partial charge in [0.1, 0.15) is 11.5 Å². The maximum absolute atomic E-state index is 13.6. The van der Waals surface area contributed by atoms with Crippen LogP contribution in [0.3, 0.4) is 0 Å². The summed E-state index contributed by atoms with van der Waals surface area (Å²) < 4.78 is 51.4. The van der Waals surface area contributed by atoms with Crippen molar-refractivity contribution in [1.82, 2.24) is 0 Å². The van der Waals surface area contributed by atoms with Gasteiger partial charge in [-0.25, -0.2) is 4.79 Å². The van der Waals surface area contributed by atoms with E-state index in [4.69, 9.17) is 21.1 Å². The summed E-state index contributed by atoms with van der Waals surface area (Å²) in [6.07, 6.45) is -1.19. The Balaban J connectivity index is 2.00. The van der Waals surface area contributed by atoms with Gasteiger partial charge in [-0.15, -0.1) is 11.6 Å². The largest absolute Gasteiger partial charge is 0.465 e. The molecule has 1 aliphatic carbocycles. The predicted molar refractivity (Wildman–Crippen MR) is 133 cm³/mol. The van der Waals surface area contributed by atoms with E-state index < -0.39 is 23.5 Å². The maximum Gasteiger partial charge on any atom is 0.419 e. The number of carbonyl (C=O) groups excluding carboxylic acids is 2. The van der Waals surface area contributed by atoms with Gasteiger partial charge in [0, 0.05) is 17.8 Å². The number of hydrogen-bond acceptors (Lipinski definition) is 4. The normalized spacial score (nSPS) is 18.1. The fourth-order valence-corrected chi connectivity index (χ4v) is 4.68. The Hall–Kier alpha value is -2.74. The van der Waals surface area contributed by atoms with E-state index in [1.54, 1.807) is 4.90 Å². The SMILES string of the molecule is COC(=O)c1cc(Oc2ccc(CCl)cc2C(F)(F)F)ccc1N(C(=O)C1CCC(C)CC1)C(C)C. The minimum atomic E-state index is -4.67. The van der Waals surface area contributed by atoms with Gasteiger partial charge in [-0.1, -0.05) is 13.0 Å². The summed E-state index contributed by atoms with van der Waals surface area (Å²) in [7, 11) is 1.20. The summed E-state index contributed by atoms with van der Waals surface area (Å²) in [6, 6.07) is 7.59. The van der Waals surface area contributed by atoms with Crippen LogP contribution in [0.5, 0.6) is 11.5 Å². The van der Waals surface area contributed by atoms with Crippen molar-refractivity contribution in [3.63, 3.8) is 0 Å². The molecule has 0 atom stereocenters. The Morgan fingerprint density at radius 3 is 2.31 bits per heavy atom. The molecule has 1 amide bonds. The molecule has 0 unspecified atom stereocenters. The molecule has 9 heteroatoms. The quantitative estimate of drug-likeness (QED) is 0.276. The summed E-state index contributed by atoms with van der Waals surface area (Å²) >= 11 is 5.70. The van der Waals surface area contributed by atoms with E-state index >= 15 is 0 Å². The molecule has 0 spiro atoms. The zero-order chi connectivity index (χ0) is 26.6. The van der Waals surface area contributed by atoms with E-state index in [1.807, 2.05) is 13.8 Å². The first-order valence-corrected chi connectivity index (χ1v) is 12.5. The first kappa shape index (κ1) is 27.8. The molecular formula is C27H31ClF3NO4. The third-order valence-electron chi connectivity index (χ3n) is 6.48. The van der Waals surface area contributed by atoms with Gasteiger partial charge >= 0.3 is 12.1 Å². The molecule has 0 N–H and O–H groups in total. The van der Waals surface area contributed by atoms with Crippen molar-refractivity contribution in [3.05, 3.63) is 53.1 Å². The van der Waals surface area contributed by atoms with Crippen LogP contribution < -0.4 is 9.64 Å². The highest BCUT2D eigenvalue weighted by Crippen LogP contribution is 2.40. The molecule has 2 aromatic rings. The van der Waals surface area contributed by atoms with Crippen molar-refractivity contribution in [2.75, 3.05) is 12.0 Å². The number of ether oxygens (including phenoxy) is 2. The van der Waals surface area contributed by atoms with E-state index in [0.29, 0.717) is 17.2 Å². The second kappa shape index (κ2) is 11.5. The molecular weight excluding hydrogens is 495 g/mol. The summed E-state index contributed by atoms with van der Waals surface area (Å²) in [5, 5.41) is 0. The molecule has 196 valence electrons. The molecule has 1 saturated carbocycles. The zero-order valence-corrected chi connectivity index (χ0v) is 21.6. The molecule has 1 fully saturated rings. The number of carbonyl (C=O) groups is 2. The van der Waals surface area contributed by atoms with E-state index in [2.05, 4.69) is 6.92 Å². The molecule has 0 aliphatic heterocycles. The Morgan fingerprint density at radius 1 is 1.08 bits per heavy atom. The van der Waals surface area contributed by atoms with Gasteiger partial charge < -0.3 is 14.4 Å². The molecule has 5 nitrogen and oxygen atoms in total. The predicted octanol–water partition coefficient (Wildman–Crippen LogP) is 7.59. The number of methoxy groups -OCH3 is 1. The van der Waals surface area contributed by atoms with Crippen molar-refractivity contribution < 1.29 is 32.2 Å². The maximum atomic E-state index is 13.6.